The van der Waals surface area contributed by atoms with Crippen molar-refractivity contribution in [2.24, 2.45) is 0 Å². The predicted molar refractivity (Wildman–Crippen MR) is 96.8 cm³/mol. The highest BCUT2D eigenvalue weighted by Gasteiger charge is 2.25. The SMILES string of the molecule is CCc1ccc(C(C)NC(=O)CN2CCn3cccc3C2C)cc1. The summed E-state index contributed by atoms with van der Waals surface area (Å²) in [6, 6.07) is 13.0. The Bertz CT molecular complexity index is 689. The van der Waals surface area contributed by atoms with E-state index in [0.29, 0.717) is 6.54 Å². The predicted octanol–water partition coefficient (Wildman–Crippen LogP) is 3.30. The third-order valence-corrected chi connectivity index (χ3v) is 5.08. The molecule has 1 aromatic heterocycles. The summed E-state index contributed by atoms with van der Waals surface area (Å²) in [5.74, 6) is 0.0916. The molecule has 4 heteroatoms. The molecule has 0 saturated carbocycles. The Balaban J connectivity index is 1.57. The van der Waals surface area contributed by atoms with Gasteiger partial charge in [0, 0.05) is 31.0 Å². The van der Waals surface area contributed by atoms with Crippen LogP contribution in [0.1, 0.15) is 49.7 Å². The van der Waals surface area contributed by atoms with Crippen molar-refractivity contribution in [3.05, 3.63) is 59.4 Å². The van der Waals surface area contributed by atoms with Crippen molar-refractivity contribution in [3.63, 3.8) is 0 Å². The van der Waals surface area contributed by atoms with Crippen LogP contribution >= 0.6 is 0 Å². The fourth-order valence-corrected chi connectivity index (χ4v) is 3.44. The van der Waals surface area contributed by atoms with Gasteiger partial charge in [-0.1, -0.05) is 31.2 Å². The van der Waals surface area contributed by atoms with Gasteiger partial charge in [-0.25, -0.2) is 0 Å². The summed E-state index contributed by atoms with van der Waals surface area (Å²) in [7, 11) is 0. The lowest BCUT2D eigenvalue weighted by Crippen LogP contribution is -2.43. The molecule has 1 amide bonds. The van der Waals surface area contributed by atoms with Crippen molar-refractivity contribution < 1.29 is 4.79 Å². The van der Waals surface area contributed by atoms with Gasteiger partial charge in [-0.2, -0.15) is 0 Å². The van der Waals surface area contributed by atoms with Gasteiger partial charge < -0.3 is 9.88 Å². The fraction of sp³-hybridized carbons (Fsp3) is 0.450. The summed E-state index contributed by atoms with van der Waals surface area (Å²) in [5, 5.41) is 3.13. The molecule has 0 bridgehead atoms. The van der Waals surface area contributed by atoms with Crippen LogP contribution < -0.4 is 5.32 Å². The highest BCUT2D eigenvalue weighted by Crippen LogP contribution is 2.24. The molecular formula is C20H27N3O. The average molecular weight is 325 g/mol. The molecule has 1 aliphatic heterocycles. The largest absolute Gasteiger partial charge is 0.349 e. The van der Waals surface area contributed by atoms with Gasteiger partial charge in [-0.05, 0) is 43.5 Å². The van der Waals surface area contributed by atoms with Gasteiger partial charge in [0.15, 0.2) is 0 Å². The first-order chi connectivity index (χ1) is 11.6. The molecule has 24 heavy (non-hydrogen) atoms. The maximum Gasteiger partial charge on any atom is 0.234 e. The minimum Gasteiger partial charge on any atom is -0.349 e. The quantitative estimate of drug-likeness (QED) is 0.916. The summed E-state index contributed by atoms with van der Waals surface area (Å²) in [6.45, 7) is 8.68. The molecule has 128 valence electrons. The third kappa shape index (κ3) is 3.54. The lowest BCUT2D eigenvalue weighted by molar-refractivity contribution is -0.123. The molecule has 3 rings (SSSR count). The second-order valence-corrected chi connectivity index (χ2v) is 6.66. The number of aromatic nitrogens is 1. The minimum atomic E-state index is 0.0346. The first-order valence-electron chi connectivity index (χ1n) is 8.85. The van der Waals surface area contributed by atoms with Crippen LogP contribution in [0.3, 0.4) is 0 Å². The van der Waals surface area contributed by atoms with Crippen LogP contribution in [0.15, 0.2) is 42.6 Å². The molecule has 4 nitrogen and oxygen atoms in total. The second-order valence-electron chi connectivity index (χ2n) is 6.66. The molecule has 0 aliphatic carbocycles. The van der Waals surface area contributed by atoms with Crippen LogP contribution in [0.5, 0.6) is 0 Å². The van der Waals surface area contributed by atoms with Crippen molar-refractivity contribution in [2.75, 3.05) is 13.1 Å². The lowest BCUT2D eigenvalue weighted by Gasteiger charge is -2.34. The Morgan fingerprint density at radius 2 is 2.00 bits per heavy atom. The number of rotatable bonds is 5. The number of nitrogens with one attached hydrogen (secondary N) is 1. The number of fused-ring (bicyclic) bond motifs is 1. The number of aryl methyl sites for hydroxylation is 1. The van der Waals surface area contributed by atoms with Crippen LogP contribution in [0.25, 0.3) is 0 Å². The Hall–Kier alpha value is -2.07. The first-order valence-corrected chi connectivity index (χ1v) is 8.85. The van der Waals surface area contributed by atoms with Crippen molar-refractivity contribution in [1.82, 2.24) is 14.8 Å². The number of hydrogen-bond acceptors (Lipinski definition) is 2. The van der Waals surface area contributed by atoms with Crippen LogP contribution in [0.2, 0.25) is 0 Å². The van der Waals surface area contributed by atoms with Crippen LogP contribution in [0.4, 0.5) is 0 Å². The van der Waals surface area contributed by atoms with Crippen molar-refractivity contribution in [3.8, 4) is 0 Å². The molecule has 0 saturated heterocycles. The van der Waals surface area contributed by atoms with Crippen LogP contribution in [-0.4, -0.2) is 28.5 Å². The maximum absolute atomic E-state index is 12.5. The molecule has 2 heterocycles. The normalized spacial score (nSPS) is 18.9. The monoisotopic (exact) mass is 325 g/mol. The molecular weight excluding hydrogens is 298 g/mol. The van der Waals surface area contributed by atoms with E-state index in [1.54, 1.807) is 0 Å². The highest BCUT2D eigenvalue weighted by molar-refractivity contribution is 5.78. The number of hydrogen-bond donors (Lipinski definition) is 1. The van der Waals surface area contributed by atoms with Gasteiger partial charge in [-0.15, -0.1) is 0 Å². The Morgan fingerprint density at radius 3 is 2.71 bits per heavy atom. The Kier molecular flexibility index (Phi) is 5.05. The number of amides is 1. The third-order valence-electron chi connectivity index (χ3n) is 5.08. The van der Waals surface area contributed by atoms with Crippen molar-refractivity contribution >= 4 is 5.91 Å². The Morgan fingerprint density at radius 1 is 1.25 bits per heavy atom. The lowest BCUT2D eigenvalue weighted by atomic mass is 10.0. The summed E-state index contributed by atoms with van der Waals surface area (Å²) >= 11 is 0. The molecule has 2 aromatic rings. The number of carbonyl (C=O) groups excluding carboxylic acids is 1. The highest BCUT2D eigenvalue weighted by atomic mass is 16.2. The Labute approximate surface area is 144 Å². The summed E-state index contributed by atoms with van der Waals surface area (Å²) in [5.41, 5.74) is 3.76. The van der Waals surface area contributed by atoms with E-state index in [0.717, 1.165) is 25.1 Å². The summed E-state index contributed by atoms with van der Waals surface area (Å²) in [4.78, 5) is 14.7. The first kappa shape index (κ1) is 16.8. The number of carbonyl (C=O) groups is 1. The van der Waals surface area contributed by atoms with E-state index in [9.17, 15) is 4.79 Å². The second kappa shape index (κ2) is 7.22. The van der Waals surface area contributed by atoms with E-state index in [1.807, 2.05) is 6.92 Å². The average Bonchev–Trinajstić information content (AvgIpc) is 3.07. The zero-order chi connectivity index (χ0) is 17.1. The molecule has 1 N–H and O–H groups in total. The van der Waals surface area contributed by atoms with E-state index in [-0.39, 0.29) is 18.0 Å². The van der Waals surface area contributed by atoms with E-state index in [1.165, 1.54) is 11.3 Å². The fourth-order valence-electron chi connectivity index (χ4n) is 3.44. The molecule has 0 radical (unpaired) electrons. The molecule has 1 aliphatic rings. The maximum atomic E-state index is 12.5. The molecule has 0 fully saturated rings. The van der Waals surface area contributed by atoms with Crippen molar-refractivity contribution in [1.29, 1.82) is 0 Å². The molecule has 1 aromatic carbocycles. The smallest absolute Gasteiger partial charge is 0.234 e. The zero-order valence-electron chi connectivity index (χ0n) is 14.8. The van der Waals surface area contributed by atoms with Crippen LogP contribution in [0, 0.1) is 0 Å². The van der Waals surface area contributed by atoms with Crippen LogP contribution in [-0.2, 0) is 17.8 Å². The summed E-state index contributed by atoms with van der Waals surface area (Å²) < 4.78 is 2.27. The van der Waals surface area contributed by atoms with Gasteiger partial charge in [0.1, 0.15) is 0 Å². The van der Waals surface area contributed by atoms with Gasteiger partial charge >= 0.3 is 0 Å². The van der Waals surface area contributed by atoms with Gasteiger partial charge in [0.05, 0.1) is 12.6 Å². The number of benzene rings is 1. The van der Waals surface area contributed by atoms with Gasteiger partial charge in [0.2, 0.25) is 5.91 Å². The standard InChI is InChI=1S/C20H27N3O/c1-4-17-7-9-18(10-8-17)15(2)21-20(24)14-23-13-12-22-11-5-6-19(22)16(23)3/h5-11,15-16H,4,12-14H2,1-3H3,(H,21,24). The topological polar surface area (TPSA) is 37.3 Å². The minimum absolute atomic E-state index is 0.0346. The van der Waals surface area contributed by atoms with E-state index >= 15 is 0 Å². The number of nitrogens with zero attached hydrogens (tertiary/aromatic N) is 2. The zero-order valence-corrected chi connectivity index (χ0v) is 14.8. The van der Waals surface area contributed by atoms with E-state index in [2.05, 4.69) is 71.2 Å². The molecule has 0 spiro atoms. The van der Waals surface area contributed by atoms with Gasteiger partial charge in [-0.3, -0.25) is 9.69 Å². The summed E-state index contributed by atoms with van der Waals surface area (Å²) in [6.07, 6.45) is 3.15. The molecule has 2 atom stereocenters. The molecule has 2 unspecified atom stereocenters. The van der Waals surface area contributed by atoms with E-state index < -0.39 is 0 Å². The van der Waals surface area contributed by atoms with E-state index in [4.69, 9.17) is 0 Å². The van der Waals surface area contributed by atoms with Crippen molar-refractivity contribution in [2.45, 2.75) is 45.8 Å². The van der Waals surface area contributed by atoms with Gasteiger partial charge in [0.25, 0.3) is 0 Å².